The molecular formula is C13H26N2. The van der Waals surface area contributed by atoms with Crippen LogP contribution in [0.25, 0.3) is 0 Å². The zero-order valence-electron chi connectivity index (χ0n) is 10.6. The zero-order chi connectivity index (χ0) is 10.9. The summed E-state index contributed by atoms with van der Waals surface area (Å²) in [4.78, 5) is 2.69. The van der Waals surface area contributed by atoms with Crippen molar-refractivity contribution in [1.82, 2.24) is 10.2 Å². The molecule has 1 saturated carbocycles. The minimum absolute atomic E-state index is 0.676. The summed E-state index contributed by atoms with van der Waals surface area (Å²) < 4.78 is 0. The van der Waals surface area contributed by atoms with Crippen LogP contribution in [0.4, 0.5) is 0 Å². The highest BCUT2D eigenvalue weighted by Gasteiger charge is 2.46. The molecule has 2 nitrogen and oxygen atoms in total. The predicted molar refractivity (Wildman–Crippen MR) is 65.0 cm³/mol. The van der Waals surface area contributed by atoms with E-state index < -0.39 is 0 Å². The molecule has 1 unspecified atom stereocenters. The zero-order valence-corrected chi connectivity index (χ0v) is 10.6. The fourth-order valence-corrected chi connectivity index (χ4v) is 2.86. The normalized spacial score (nSPS) is 31.6. The molecule has 1 aliphatic carbocycles. The maximum Gasteiger partial charge on any atom is 0.0166 e. The maximum atomic E-state index is 3.57. The van der Waals surface area contributed by atoms with Gasteiger partial charge in [0.15, 0.2) is 0 Å². The van der Waals surface area contributed by atoms with Crippen molar-refractivity contribution >= 4 is 0 Å². The third kappa shape index (κ3) is 2.73. The van der Waals surface area contributed by atoms with Crippen molar-refractivity contribution in [2.24, 2.45) is 11.3 Å². The Morgan fingerprint density at radius 1 is 1.40 bits per heavy atom. The summed E-state index contributed by atoms with van der Waals surface area (Å²) in [5.41, 5.74) is 0.685. The molecule has 15 heavy (non-hydrogen) atoms. The van der Waals surface area contributed by atoms with Crippen molar-refractivity contribution in [3.05, 3.63) is 0 Å². The van der Waals surface area contributed by atoms with Crippen LogP contribution in [0.2, 0.25) is 0 Å². The lowest BCUT2D eigenvalue weighted by molar-refractivity contribution is 0.185. The average Bonchev–Trinajstić information content (AvgIpc) is 2.93. The second-order valence-electron chi connectivity index (χ2n) is 5.96. The lowest BCUT2D eigenvalue weighted by Crippen LogP contribution is -2.39. The smallest absolute Gasteiger partial charge is 0.0166 e. The van der Waals surface area contributed by atoms with Gasteiger partial charge in [-0.25, -0.2) is 0 Å². The van der Waals surface area contributed by atoms with E-state index in [0.717, 1.165) is 5.92 Å². The minimum Gasteiger partial charge on any atom is -0.313 e. The summed E-state index contributed by atoms with van der Waals surface area (Å²) in [6.45, 7) is 12.2. The Kier molecular flexibility index (Phi) is 3.36. The molecule has 0 aromatic carbocycles. The molecule has 2 aliphatic rings. The molecule has 0 aromatic rings. The Morgan fingerprint density at radius 2 is 2.13 bits per heavy atom. The van der Waals surface area contributed by atoms with Gasteiger partial charge in [0.1, 0.15) is 0 Å². The topological polar surface area (TPSA) is 15.3 Å². The van der Waals surface area contributed by atoms with E-state index in [1.165, 1.54) is 45.4 Å². The van der Waals surface area contributed by atoms with Crippen LogP contribution in [0, 0.1) is 11.3 Å². The average molecular weight is 210 g/mol. The molecule has 1 aliphatic heterocycles. The van der Waals surface area contributed by atoms with Gasteiger partial charge in [0.25, 0.3) is 0 Å². The molecule has 88 valence electrons. The van der Waals surface area contributed by atoms with Crippen LogP contribution in [0.15, 0.2) is 0 Å². The van der Waals surface area contributed by atoms with Crippen molar-refractivity contribution in [3.63, 3.8) is 0 Å². The van der Waals surface area contributed by atoms with Crippen molar-refractivity contribution in [3.8, 4) is 0 Å². The van der Waals surface area contributed by atoms with E-state index in [4.69, 9.17) is 0 Å². The first kappa shape index (κ1) is 11.4. The van der Waals surface area contributed by atoms with Gasteiger partial charge < -0.3 is 10.2 Å². The highest BCUT2D eigenvalue weighted by molar-refractivity contribution is 4.98. The van der Waals surface area contributed by atoms with Crippen LogP contribution in [0.1, 0.15) is 40.0 Å². The van der Waals surface area contributed by atoms with E-state index >= 15 is 0 Å². The number of nitrogens with zero attached hydrogens (tertiary/aromatic N) is 1. The number of hydrogen-bond acceptors (Lipinski definition) is 2. The fourth-order valence-electron chi connectivity index (χ4n) is 2.86. The summed E-state index contributed by atoms with van der Waals surface area (Å²) >= 11 is 0. The first-order valence-electron chi connectivity index (χ1n) is 6.58. The van der Waals surface area contributed by atoms with Gasteiger partial charge >= 0.3 is 0 Å². The molecule has 2 heteroatoms. The quantitative estimate of drug-likeness (QED) is 0.767. The van der Waals surface area contributed by atoms with Gasteiger partial charge in [-0.2, -0.15) is 0 Å². The predicted octanol–water partition coefficient (Wildman–Crippen LogP) is 2.11. The molecule has 1 heterocycles. The highest BCUT2D eigenvalue weighted by atomic mass is 15.2. The molecule has 1 atom stereocenters. The summed E-state index contributed by atoms with van der Waals surface area (Å²) in [5.74, 6) is 0.865. The van der Waals surface area contributed by atoms with E-state index in [-0.39, 0.29) is 0 Å². The Labute approximate surface area is 94.4 Å². The van der Waals surface area contributed by atoms with Gasteiger partial charge in [0.05, 0.1) is 0 Å². The van der Waals surface area contributed by atoms with Gasteiger partial charge in [0.2, 0.25) is 0 Å². The van der Waals surface area contributed by atoms with Crippen LogP contribution >= 0.6 is 0 Å². The number of rotatable bonds is 3. The molecule has 0 amide bonds. The number of nitrogens with one attached hydrogen (secondary N) is 1. The van der Waals surface area contributed by atoms with Crippen LogP contribution in [-0.2, 0) is 0 Å². The lowest BCUT2D eigenvalue weighted by atomic mass is 9.91. The minimum atomic E-state index is 0.676. The first-order valence-corrected chi connectivity index (χ1v) is 6.58. The Balaban J connectivity index is 1.87. The molecule has 2 fully saturated rings. The molecule has 0 bridgehead atoms. The summed E-state index contributed by atoms with van der Waals surface area (Å²) in [5, 5.41) is 3.57. The van der Waals surface area contributed by atoms with Gasteiger partial charge in [-0.05, 0) is 50.6 Å². The SMILES string of the molecule is CC1CN(CC2(C(C)C)CC2)CCCN1. The van der Waals surface area contributed by atoms with Crippen molar-refractivity contribution in [2.75, 3.05) is 26.2 Å². The van der Waals surface area contributed by atoms with Gasteiger partial charge in [0, 0.05) is 19.1 Å². The van der Waals surface area contributed by atoms with Gasteiger partial charge in [-0.15, -0.1) is 0 Å². The lowest BCUT2D eigenvalue weighted by Gasteiger charge is -2.29. The van der Waals surface area contributed by atoms with E-state index in [1.54, 1.807) is 0 Å². The van der Waals surface area contributed by atoms with Crippen molar-refractivity contribution in [1.29, 1.82) is 0 Å². The molecule has 0 radical (unpaired) electrons. The molecular weight excluding hydrogens is 184 g/mol. The second-order valence-corrected chi connectivity index (χ2v) is 5.96. The van der Waals surface area contributed by atoms with Crippen LogP contribution < -0.4 is 5.32 Å². The molecule has 0 aromatic heterocycles. The Hall–Kier alpha value is -0.0800. The Bertz CT molecular complexity index is 209. The third-order valence-electron chi connectivity index (χ3n) is 4.33. The van der Waals surface area contributed by atoms with Crippen molar-refractivity contribution in [2.45, 2.75) is 46.1 Å². The molecule has 1 N–H and O–H groups in total. The second kappa shape index (κ2) is 4.42. The monoisotopic (exact) mass is 210 g/mol. The maximum absolute atomic E-state index is 3.57. The fraction of sp³-hybridized carbons (Fsp3) is 1.00. The standard InChI is InChI=1S/C13H26N2/c1-11(2)13(5-6-13)10-15-8-4-7-14-12(3)9-15/h11-12,14H,4-10H2,1-3H3. The summed E-state index contributed by atoms with van der Waals surface area (Å²) in [6, 6.07) is 0.676. The van der Waals surface area contributed by atoms with Crippen molar-refractivity contribution < 1.29 is 0 Å². The number of hydrogen-bond donors (Lipinski definition) is 1. The first-order chi connectivity index (χ1) is 7.12. The third-order valence-corrected chi connectivity index (χ3v) is 4.33. The van der Waals surface area contributed by atoms with E-state index in [1.807, 2.05) is 0 Å². The van der Waals surface area contributed by atoms with E-state index in [2.05, 4.69) is 31.0 Å². The van der Waals surface area contributed by atoms with E-state index in [0.29, 0.717) is 11.5 Å². The Morgan fingerprint density at radius 3 is 2.73 bits per heavy atom. The highest BCUT2D eigenvalue weighted by Crippen LogP contribution is 2.52. The van der Waals surface area contributed by atoms with Crippen LogP contribution in [-0.4, -0.2) is 37.1 Å². The van der Waals surface area contributed by atoms with E-state index in [9.17, 15) is 0 Å². The molecule has 1 saturated heterocycles. The summed E-state index contributed by atoms with van der Waals surface area (Å²) in [6.07, 6.45) is 4.24. The molecule has 0 spiro atoms. The summed E-state index contributed by atoms with van der Waals surface area (Å²) in [7, 11) is 0. The largest absolute Gasteiger partial charge is 0.313 e. The van der Waals surface area contributed by atoms with Crippen LogP contribution in [0.5, 0.6) is 0 Å². The van der Waals surface area contributed by atoms with Gasteiger partial charge in [-0.3, -0.25) is 0 Å². The van der Waals surface area contributed by atoms with Gasteiger partial charge in [-0.1, -0.05) is 13.8 Å². The van der Waals surface area contributed by atoms with Crippen LogP contribution in [0.3, 0.4) is 0 Å². The molecule has 2 rings (SSSR count).